The van der Waals surface area contributed by atoms with E-state index in [4.69, 9.17) is 0 Å². The first-order chi connectivity index (χ1) is 12.5. The molecule has 2 aromatic carbocycles. The highest BCUT2D eigenvalue weighted by Crippen LogP contribution is 2.31. The number of hydrogen-bond acceptors (Lipinski definition) is 3. The number of amides is 3. The molecule has 132 valence electrons. The third kappa shape index (κ3) is 2.94. The minimum atomic E-state index is -0.342. The molecule has 4 rings (SSSR count). The van der Waals surface area contributed by atoms with Crippen molar-refractivity contribution in [3.05, 3.63) is 69.2 Å². The van der Waals surface area contributed by atoms with Gasteiger partial charge >= 0.3 is 0 Å². The highest BCUT2D eigenvalue weighted by molar-refractivity contribution is 9.10. The largest absolute Gasteiger partial charge is 0.349 e. The molecule has 0 saturated carbocycles. The fourth-order valence-electron chi connectivity index (χ4n) is 3.65. The van der Waals surface area contributed by atoms with E-state index < -0.39 is 0 Å². The molecule has 0 radical (unpaired) electrons. The number of rotatable bonds is 4. The van der Waals surface area contributed by atoms with Crippen LogP contribution in [0.2, 0.25) is 0 Å². The lowest BCUT2D eigenvalue weighted by atomic mass is 10.1. The van der Waals surface area contributed by atoms with Crippen molar-refractivity contribution in [1.82, 2.24) is 10.2 Å². The Labute approximate surface area is 159 Å². The second kappa shape index (κ2) is 6.68. The second-order valence-electron chi connectivity index (χ2n) is 6.56. The number of carbonyl (C=O) groups excluding carboxylic acids is 3. The van der Waals surface area contributed by atoms with Gasteiger partial charge in [-0.3, -0.25) is 19.3 Å². The van der Waals surface area contributed by atoms with Crippen molar-refractivity contribution in [3.63, 3.8) is 0 Å². The fraction of sp³-hybridized carbons (Fsp3) is 0.250. The van der Waals surface area contributed by atoms with Crippen molar-refractivity contribution in [2.45, 2.75) is 25.3 Å². The van der Waals surface area contributed by atoms with Crippen molar-refractivity contribution in [2.75, 3.05) is 6.54 Å². The van der Waals surface area contributed by atoms with Crippen molar-refractivity contribution in [2.24, 2.45) is 0 Å². The number of benzene rings is 2. The van der Waals surface area contributed by atoms with E-state index in [9.17, 15) is 14.4 Å². The molecular formula is C20H17BrN2O3. The molecule has 2 aromatic rings. The topological polar surface area (TPSA) is 66.5 Å². The van der Waals surface area contributed by atoms with Crippen LogP contribution in [0.5, 0.6) is 0 Å². The van der Waals surface area contributed by atoms with Gasteiger partial charge in [0.2, 0.25) is 5.91 Å². The summed E-state index contributed by atoms with van der Waals surface area (Å²) in [6.07, 6.45) is 1.94. The Morgan fingerprint density at radius 1 is 1.12 bits per heavy atom. The molecule has 1 N–H and O–H groups in total. The molecule has 1 unspecified atom stereocenters. The molecular weight excluding hydrogens is 396 g/mol. The first-order valence-corrected chi connectivity index (χ1v) is 9.37. The van der Waals surface area contributed by atoms with Crippen LogP contribution >= 0.6 is 15.9 Å². The summed E-state index contributed by atoms with van der Waals surface area (Å²) in [7, 11) is 0. The van der Waals surface area contributed by atoms with Gasteiger partial charge in [0.1, 0.15) is 0 Å². The van der Waals surface area contributed by atoms with Gasteiger partial charge in [-0.1, -0.05) is 40.2 Å². The number of nitrogens with one attached hydrogen (secondary N) is 1. The van der Waals surface area contributed by atoms with E-state index in [0.29, 0.717) is 11.1 Å². The monoisotopic (exact) mass is 412 g/mol. The number of fused-ring (bicyclic) bond motifs is 2. The van der Waals surface area contributed by atoms with E-state index in [1.54, 1.807) is 18.2 Å². The lowest BCUT2D eigenvalue weighted by Crippen LogP contribution is -2.35. The molecule has 1 aliphatic heterocycles. The number of nitrogens with zero attached hydrogens (tertiary/aromatic N) is 1. The Hall–Kier alpha value is -2.47. The van der Waals surface area contributed by atoms with E-state index in [2.05, 4.69) is 27.3 Å². The van der Waals surface area contributed by atoms with E-state index in [0.717, 1.165) is 27.8 Å². The maximum absolute atomic E-state index is 12.4. The molecule has 6 heteroatoms. The predicted octanol–water partition coefficient (Wildman–Crippen LogP) is 3.24. The van der Waals surface area contributed by atoms with E-state index in [1.165, 1.54) is 5.56 Å². The molecule has 5 nitrogen and oxygen atoms in total. The van der Waals surface area contributed by atoms with Gasteiger partial charge < -0.3 is 5.32 Å². The van der Waals surface area contributed by atoms with Crippen LogP contribution in [-0.2, 0) is 11.2 Å². The summed E-state index contributed by atoms with van der Waals surface area (Å²) in [5, 5.41) is 3.02. The first-order valence-electron chi connectivity index (χ1n) is 8.57. The van der Waals surface area contributed by atoms with Gasteiger partial charge in [-0.05, 0) is 42.2 Å². The maximum Gasteiger partial charge on any atom is 0.261 e. The van der Waals surface area contributed by atoms with Crippen LogP contribution in [0, 0.1) is 0 Å². The van der Waals surface area contributed by atoms with Gasteiger partial charge in [0.05, 0.1) is 17.2 Å². The third-order valence-electron chi connectivity index (χ3n) is 4.96. The molecule has 0 saturated heterocycles. The molecule has 1 aliphatic carbocycles. The zero-order valence-electron chi connectivity index (χ0n) is 14.0. The fourth-order valence-corrected chi connectivity index (χ4v) is 4.01. The minimum Gasteiger partial charge on any atom is -0.349 e. The van der Waals surface area contributed by atoms with Crippen LogP contribution < -0.4 is 5.32 Å². The molecule has 0 bridgehead atoms. The molecule has 0 aromatic heterocycles. The first kappa shape index (κ1) is 17.0. The van der Waals surface area contributed by atoms with Crippen LogP contribution in [0.25, 0.3) is 0 Å². The maximum atomic E-state index is 12.4. The number of halogens is 1. The van der Waals surface area contributed by atoms with Crippen molar-refractivity contribution >= 4 is 33.7 Å². The summed E-state index contributed by atoms with van der Waals surface area (Å²) in [5.74, 6) is -0.828. The number of imide groups is 1. The van der Waals surface area contributed by atoms with Gasteiger partial charge in [-0.2, -0.15) is 0 Å². The molecule has 0 fully saturated rings. The molecule has 1 atom stereocenters. The Bertz CT molecular complexity index is 925. The summed E-state index contributed by atoms with van der Waals surface area (Å²) >= 11 is 3.31. The van der Waals surface area contributed by atoms with Crippen molar-refractivity contribution in [1.29, 1.82) is 0 Å². The van der Waals surface area contributed by atoms with Gasteiger partial charge in [0, 0.05) is 17.4 Å². The summed E-state index contributed by atoms with van der Waals surface area (Å²) in [6.45, 7) is 0.0875. The molecule has 0 spiro atoms. The Balaban J connectivity index is 1.39. The standard InChI is InChI=1S/C20H17BrN2O3/c21-13-6-7-15-16(11-13)20(26)23(19(15)25)10-9-18(24)22-17-8-5-12-3-1-2-4-14(12)17/h1-4,6-7,11,17H,5,8-10H2,(H,22,24). The molecule has 3 amide bonds. The number of carbonyl (C=O) groups is 3. The van der Waals surface area contributed by atoms with Crippen LogP contribution in [0.1, 0.15) is 50.7 Å². The minimum absolute atomic E-state index is 0.0110. The highest BCUT2D eigenvalue weighted by atomic mass is 79.9. The van der Waals surface area contributed by atoms with Crippen LogP contribution in [0.3, 0.4) is 0 Å². The summed E-state index contributed by atoms with van der Waals surface area (Å²) < 4.78 is 0.747. The average Bonchev–Trinajstić information content (AvgIpc) is 3.13. The number of hydrogen-bond donors (Lipinski definition) is 1. The zero-order chi connectivity index (χ0) is 18.3. The van der Waals surface area contributed by atoms with Gasteiger partial charge in [0.25, 0.3) is 11.8 Å². The summed E-state index contributed by atoms with van der Waals surface area (Å²) in [5.41, 5.74) is 3.20. The van der Waals surface area contributed by atoms with Crippen molar-refractivity contribution < 1.29 is 14.4 Å². The van der Waals surface area contributed by atoms with Crippen molar-refractivity contribution in [3.8, 4) is 0 Å². The van der Waals surface area contributed by atoms with E-state index in [-0.39, 0.29) is 36.7 Å². The van der Waals surface area contributed by atoms with Crippen LogP contribution in [0.15, 0.2) is 46.9 Å². The smallest absolute Gasteiger partial charge is 0.261 e. The summed E-state index contributed by atoms with van der Waals surface area (Å²) in [4.78, 5) is 38.3. The third-order valence-corrected chi connectivity index (χ3v) is 5.46. The molecule has 1 heterocycles. The molecule has 26 heavy (non-hydrogen) atoms. The van der Waals surface area contributed by atoms with Crippen LogP contribution in [-0.4, -0.2) is 29.2 Å². The molecule has 2 aliphatic rings. The lowest BCUT2D eigenvalue weighted by molar-refractivity contribution is -0.121. The summed E-state index contributed by atoms with van der Waals surface area (Å²) in [6, 6.07) is 13.1. The Morgan fingerprint density at radius 3 is 2.73 bits per heavy atom. The van der Waals surface area contributed by atoms with Gasteiger partial charge in [0.15, 0.2) is 0 Å². The number of aryl methyl sites for hydroxylation is 1. The van der Waals surface area contributed by atoms with E-state index in [1.807, 2.05) is 18.2 Å². The van der Waals surface area contributed by atoms with Crippen LogP contribution in [0.4, 0.5) is 0 Å². The van der Waals surface area contributed by atoms with E-state index >= 15 is 0 Å². The SMILES string of the molecule is O=C(CCN1C(=O)c2ccc(Br)cc2C1=O)NC1CCc2ccccc21. The Morgan fingerprint density at radius 2 is 1.88 bits per heavy atom. The average molecular weight is 413 g/mol. The van der Waals surface area contributed by atoms with Gasteiger partial charge in [-0.25, -0.2) is 0 Å². The zero-order valence-corrected chi connectivity index (χ0v) is 15.6. The Kier molecular flexibility index (Phi) is 4.36. The highest BCUT2D eigenvalue weighted by Gasteiger charge is 2.35. The quantitative estimate of drug-likeness (QED) is 0.783. The van der Waals surface area contributed by atoms with Gasteiger partial charge in [-0.15, -0.1) is 0 Å². The predicted molar refractivity (Wildman–Crippen MR) is 99.8 cm³/mol. The normalized spacial score (nSPS) is 18.0. The second-order valence-corrected chi connectivity index (χ2v) is 7.48. The lowest BCUT2D eigenvalue weighted by Gasteiger charge is -2.16.